The van der Waals surface area contributed by atoms with Gasteiger partial charge in [-0.05, 0) is 43.2 Å². The van der Waals surface area contributed by atoms with Crippen molar-refractivity contribution < 1.29 is 8.78 Å². The maximum Gasteiger partial charge on any atom is 0.163 e. The number of rotatable bonds is 4. The number of nitrogens with two attached hydrogens (primary N) is 1. The summed E-state index contributed by atoms with van der Waals surface area (Å²) in [6, 6.07) is 9.68. The number of aryl methyl sites for hydroxylation is 2. The Morgan fingerprint density at radius 3 is 2.33 bits per heavy atom. The molecule has 0 saturated heterocycles. The smallest absolute Gasteiger partial charge is 0.163 e. The van der Waals surface area contributed by atoms with Crippen LogP contribution in [-0.4, -0.2) is 13.6 Å². The van der Waals surface area contributed by atoms with E-state index in [0.717, 1.165) is 22.9 Å². The van der Waals surface area contributed by atoms with Crippen LogP contribution in [0.15, 0.2) is 36.4 Å². The number of halogens is 2. The molecule has 0 heterocycles. The van der Waals surface area contributed by atoms with Gasteiger partial charge in [0.25, 0.3) is 0 Å². The molecule has 4 heteroatoms. The molecule has 21 heavy (non-hydrogen) atoms. The Bertz CT molecular complexity index is 620. The molecule has 2 aromatic rings. The third kappa shape index (κ3) is 3.58. The molecule has 2 N–H and O–H groups in total. The van der Waals surface area contributed by atoms with E-state index in [-0.39, 0.29) is 5.56 Å². The first-order valence-corrected chi connectivity index (χ1v) is 6.87. The van der Waals surface area contributed by atoms with Gasteiger partial charge in [0.05, 0.1) is 6.04 Å². The van der Waals surface area contributed by atoms with Crippen LogP contribution < -0.4 is 10.6 Å². The first kappa shape index (κ1) is 15.4. The van der Waals surface area contributed by atoms with Crippen molar-refractivity contribution in [1.82, 2.24) is 0 Å². The van der Waals surface area contributed by atoms with Gasteiger partial charge in [0.2, 0.25) is 0 Å². The normalized spacial score (nSPS) is 12.3. The Morgan fingerprint density at radius 2 is 1.71 bits per heavy atom. The van der Waals surface area contributed by atoms with Crippen molar-refractivity contribution in [1.29, 1.82) is 0 Å². The number of anilines is 1. The zero-order valence-electron chi connectivity index (χ0n) is 12.5. The summed E-state index contributed by atoms with van der Waals surface area (Å²) in [6.07, 6.45) is 0. The molecule has 0 amide bonds. The van der Waals surface area contributed by atoms with Crippen molar-refractivity contribution in [3.63, 3.8) is 0 Å². The fourth-order valence-electron chi connectivity index (χ4n) is 2.48. The van der Waals surface area contributed by atoms with Crippen molar-refractivity contribution in [3.05, 3.63) is 64.7 Å². The van der Waals surface area contributed by atoms with Gasteiger partial charge >= 0.3 is 0 Å². The van der Waals surface area contributed by atoms with Crippen molar-refractivity contribution >= 4 is 5.69 Å². The molecule has 1 unspecified atom stereocenters. The zero-order valence-corrected chi connectivity index (χ0v) is 12.5. The first-order chi connectivity index (χ1) is 9.88. The van der Waals surface area contributed by atoms with Gasteiger partial charge in [0, 0.05) is 24.8 Å². The Kier molecular flexibility index (Phi) is 4.58. The molecular weight excluding hydrogens is 270 g/mol. The van der Waals surface area contributed by atoms with Gasteiger partial charge in [0.15, 0.2) is 11.6 Å². The molecule has 0 spiro atoms. The van der Waals surface area contributed by atoms with Crippen LogP contribution in [0.1, 0.15) is 22.7 Å². The zero-order chi connectivity index (χ0) is 15.6. The van der Waals surface area contributed by atoms with E-state index < -0.39 is 17.7 Å². The first-order valence-electron chi connectivity index (χ1n) is 6.87. The topological polar surface area (TPSA) is 29.3 Å². The minimum absolute atomic E-state index is 0.200. The van der Waals surface area contributed by atoms with Crippen molar-refractivity contribution in [2.75, 3.05) is 18.5 Å². The van der Waals surface area contributed by atoms with E-state index in [4.69, 9.17) is 5.73 Å². The van der Waals surface area contributed by atoms with E-state index in [2.05, 4.69) is 6.07 Å². The lowest BCUT2D eigenvalue weighted by atomic mass is 10.1. The summed E-state index contributed by atoms with van der Waals surface area (Å²) in [4.78, 5) is 1.95. The quantitative estimate of drug-likeness (QED) is 0.930. The molecular formula is C17H20F2N2. The summed E-state index contributed by atoms with van der Waals surface area (Å²) in [7, 11) is 1.89. The van der Waals surface area contributed by atoms with Gasteiger partial charge in [-0.15, -0.1) is 0 Å². The number of hydrogen-bond donors (Lipinski definition) is 1. The molecule has 2 rings (SSSR count). The second kappa shape index (κ2) is 6.22. The van der Waals surface area contributed by atoms with E-state index in [1.807, 2.05) is 37.9 Å². The molecule has 0 fully saturated rings. The predicted octanol–water partition coefficient (Wildman–Crippen LogP) is 3.72. The number of nitrogens with zero attached hydrogens (tertiary/aromatic N) is 1. The largest absolute Gasteiger partial charge is 0.373 e. The van der Waals surface area contributed by atoms with Crippen LogP contribution in [0.25, 0.3) is 0 Å². The highest BCUT2D eigenvalue weighted by molar-refractivity contribution is 5.50. The highest BCUT2D eigenvalue weighted by atomic mass is 19.2. The van der Waals surface area contributed by atoms with Crippen LogP contribution in [0.5, 0.6) is 0 Å². The van der Waals surface area contributed by atoms with Crippen molar-refractivity contribution in [2.24, 2.45) is 5.73 Å². The fourth-order valence-corrected chi connectivity index (χ4v) is 2.48. The van der Waals surface area contributed by atoms with Crippen molar-refractivity contribution in [3.8, 4) is 0 Å². The van der Waals surface area contributed by atoms with E-state index in [0.29, 0.717) is 6.54 Å². The van der Waals surface area contributed by atoms with E-state index in [1.54, 1.807) is 0 Å². The Morgan fingerprint density at radius 1 is 1.10 bits per heavy atom. The molecule has 0 aromatic heterocycles. The van der Waals surface area contributed by atoms with E-state index >= 15 is 0 Å². The maximum absolute atomic E-state index is 13.8. The van der Waals surface area contributed by atoms with E-state index in [9.17, 15) is 8.78 Å². The molecule has 0 aliphatic rings. The van der Waals surface area contributed by atoms with Gasteiger partial charge in [0.1, 0.15) is 0 Å². The third-order valence-electron chi connectivity index (χ3n) is 3.50. The lowest BCUT2D eigenvalue weighted by Crippen LogP contribution is -2.29. The summed E-state index contributed by atoms with van der Waals surface area (Å²) >= 11 is 0. The van der Waals surface area contributed by atoms with Gasteiger partial charge in [-0.25, -0.2) is 8.78 Å². The Labute approximate surface area is 124 Å². The second-order valence-electron chi connectivity index (χ2n) is 5.48. The Hall–Kier alpha value is -1.94. The second-order valence-corrected chi connectivity index (χ2v) is 5.48. The summed E-state index contributed by atoms with van der Waals surface area (Å²) in [5, 5.41) is 0. The van der Waals surface area contributed by atoms with Crippen LogP contribution in [0.3, 0.4) is 0 Å². The summed E-state index contributed by atoms with van der Waals surface area (Å²) in [6.45, 7) is 4.45. The number of likely N-dealkylation sites (N-methyl/N-ethyl adjacent to an activating group) is 1. The molecule has 2 aromatic carbocycles. The summed E-state index contributed by atoms with van der Waals surface area (Å²) < 4.78 is 27.0. The fraction of sp³-hybridized carbons (Fsp3) is 0.294. The van der Waals surface area contributed by atoms with E-state index in [1.165, 1.54) is 12.1 Å². The van der Waals surface area contributed by atoms with Gasteiger partial charge in [-0.2, -0.15) is 0 Å². The monoisotopic (exact) mass is 290 g/mol. The molecule has 2 nitrogen and oxygen atoms in total. The molecule has 0 aliphatic carbocycles. The lowest BCUT2D eigenvalue weighted by Gasteiger charge is -2.24. The third-order valence-corrected chi connectivity index (χ3v) is 3.50. The molecule has 1 atom stereocenters. The maximum atomic E-state index is 13.8. The average molecular weight is 290 g/mol. The molecule has 0 aliphatic heterocycles. The number of hydrogen-bond acceptors (Lipinski definition) is 2. The SMILES string of the molecule is Cc1cc(C)cc(N(C)CC(N)c2cccc(F)c2F)c1. The Balaban J connectivity index is 2.18. The van der Waals surface area contributed by atoms with Crippen molar-refractivity contribution in [2.45, 2.75) is 19.9 Å². The minimum atomic E-state index is -0.864. The molecule has 0 bridgehead atoms. The average Bonchev–Trinajstić information content (AvgIpc) is 2.40. The van der Waals surface area contributed by atoms with Crippen LogP contribution in [0.4, 0.5) is 14.5 Å². The molecule has 112 valence electrons. The van der Waals surface area contributed by atoms with Crippen LogP contribution in [0, 0.1) is 25.5 Å². The summed E-state index contributed by atoms with van der Waals surface area (Å²) in [5.41, 5.74) is 9.55. The highest BCUT2D eigenvalue weighted by Crippen LogP contribution is 2.22. The summed E-state index contributed by atoms with van der Waals surface area (Å²) in [5.74, 6) is -1.73. The minimum Gasteiger partial charge on any atom is -0.373 e. The highest BCUT2D eigenvalue weighted by Gasteiger charge is 2.16. The molecule has 0 saturated carbocycles. The number of benzene rings is 2. The van der Waals surface area contributed by atoms with Gasteiger partial charge < -0.3 is 10.6 Å². The van der Waals surface area contributed by atoms with Gasteiger partial charge in [-0.3, -0.25) is 0 Å². The lowest BCUT2D eigenvalue weighted by molar-refractivity contribution is 0.488. The van der Waals surface area contributed by atoms with Crippen LogP contribution in [0.2, 0.25) is 0 Å². The van der Waals surface area contributed by atoms with Crippen LogP contribution >= 0.6 is 0 Å². The van der Waals surface area contributed by atoms with Gasteiger partial charge in [-0.1, -0.05) is 18.2 Å². The van der Waals surface area contributed by atoms with Crippen LogP contribution in [-0.2, 0) is 0 Å². The standard InChI is InChI=1S/C17H20F2N2/c1-11-7-12(2)9-13(8-11)21(3)10-16(20)14-5-4-6-15(18)17(14)19/h4-9,16H,10,20H2,1-3H3. The predicted molar refractivity (Wildman–Crippen MR) is 82.5 cm³/mol. The molecule has 0 radical (unpaired) electrons.